The minimum atomic E-state index is -0.339. The lowest BCUT2D eigenvalue weighted by Crippen LogP contribution is -2.21. The summed E-state index contributed by atoms with van der Waals surface area (Å²) in [5, 5.41) is 13.6. The summed E-state index contributed by atoms with van der Waals surface area (Å²) in [7, 11) is 0. The van der Waals surface area contributed by atoms with Crippen LogP contribution in [-0.2, 0) is 11.2 Å². The van der Waals surface area contributed by atoms with Gasteiger partial charge in [-0.25, -0.2) is 10.4 Å². The highest BCUT2D eigenvalue weighted by Gasteiger charge is 2.08. The number of benzene rings is 2. The molecule has 2 aromatic carbocycles. The zero-order chi connectivity index (χ0) is 19.9. The van der Waals surface area contributed by atoms with E-state index in [2.05, 4.69) is 20.5 Å². The van der Waals surface area contributed by atoms with Crippen LogP contribution in [0.1, 0.15) is 24.6 Å². The first-order valence-electron chi connectivity index (χ1n) is 8.82. The molecule has 8 nitrogen and oxygen atoms in total. The van der Waals surface area contributed by atoms with Gasteiger partial charge in [-0.3, -0.25) is 9.59 Å². The Bertz CT molecular complexity index is 1080. The molecule has 0 radical (unpaired) electrons. The van der Waals surface area contributed by atoms with Crippen molar-refractivity contribution in [2.24, 2.45) is 5.10 Å². The molecule has 0 saturated carbocycles. The number of nitrogens with one attached hydrogen (secondary N) is 2. The predicted octanol–water partition coefficient (Wildman–Crippen LogP) is 2.11. The quantitative estimate of drug-likeness (QED) is 0.429. The second kappa shape index (κ2) is 8.81. The molecule has 3 N–H and O–H groups in total. The van der Waals surface area contributed by atoms with E-state index in [0.29, 0.717) is 34.6 Å². The maximum absolute atomic E-state index is 12.0. The summed E-state index contributed by atoms with van der Waals surface area (Å²) in [4.78, 5) is 31.1. The molecule has 3 aromatic rings. The second-order valence-corrected chi connectivity index (χ2v) is 5.98. The van der Waals surface area contributed by atoms with Gasteiger partial charge in [0.1, 0.15) is 5.69 Å². The van der Waals surface area contributed by atoms with Crippen LogP contribution in [0.25, 0.3) is 11.0 Å². The molecule has 1 heterocycles. The number of nitrogens with zero attached hydrogens (tertiary/aromatic N) is 2. The second-order valence-electron chi connectivity index (χ2n) is 5.98. The Morgan fingerprint density at radius 3 is 2.96 bits per heavy atom. The Hall–Kier alpha value is -3.68. The van der Waals surface area contributed by atoms with E-state index in [1.807, 2.05) is 19.1 Å². The van der Waals surface area contributed by atoms with Crippen molar-refractivity contribution in [1.29, 1.82) is 0 Å². The monoisotopic (exact) mass is 380 g/mol. The van der Waals surface area contributed by atoms with Crippen LogP contribution in [0.2, 0.25) is 0 Å². The van der Waals surface area contributed by atoms with Gasteiger partial charge in [-0.1, -0.05) is 12.1 Å². The minimum Gasteiger partial charge on any atom is -0.504 e. The van der Waals surface area contributed by atoms with Crippen molar-refractivity contribution in [3.05, 3.63) is 64.1 Å². The lowest BCUT2D eigenvalue weighted by molar-refractivity contribution is -0.121. The fourth-order valence-electron chi connectivity index (χ4n) is 2.59. The zero-order valence-corrected chi connectivity index (χ0v) is 15.3. The van der Waals surface area contributed by atoms with Crippen molar-refractivity contribution in [1.82, 2.24) is 15.4 Å². The van der Waals surface area contributed by atoms with Gasteiger partial charge in [0.25, 0.3) is 5.56 Å². The average Bonchev–Trinajstić information content (AvgIpc) is 2.69. The smallest absolute Gasteiger partial charge is 0.270 e. The lowest BCUT2D eigenvalue weighted by Gasteiger charge is -2.06. The van der Waals surface area contributed by atoms with Gasteiger partial charge in [-0.05, 0) is 42.8 Å². The maximum Gasteiger partial charge on any atom is 0.270 e. The first-order valence-corrected chi connectivity index (χ1v) is 8.82. The van der Waals surface area contributed by atoms with E-state index in [4.69, 9.17) is 4.74 Å². The van der Waals surface area contributed by atoms with Gasteiger partial charge < -0.3 is 14.8 Å². The van der Waals surface area contributed by atoms with Crippen LogP contribution in [0.3, 0.4) is 0 Å². The Kier molecular flexibility index (Phi) is 6.01. The molecule has 0 bridgehead atoms. The molecule has 8 heteroatoms. The number of carbonyl (C=O) groups is 1. The highest BCUT2D eigenvalue weighted by Crippen LogP contribution is 2.26. The molecule has 0 atom stereocenters. The summed E-state index contributed by atoms with van der Waals surface area (Å²) in [5.74, 6) is 0.0462. The Morgan fingerprint density at radius 1 is 1.32 bits per heavy atom. The number of aryl methyl sites for hydroxylation is 1. The summed E-state index contributed by atoms with van der Waals surface area (Å²) >= 11 is 0. The van der Waals surface area contributed by atoms with Crippen LogP contribution in [0.5, 0.6) is 11.5 Å². The van der Waals surface area contributed by atoms with Gasteiger partial charge in [-0.2, -0.15) is 5.10 Å². The number of hydrogen-bond acceptors (Lipinski definition) is 6. The number of rotatable bonds is 7. The third-order valence-electron chi connectivity index (χ3n) is 3.95. The summed E-state index contributed by atoms with van der Waals surface area (Å²) in [6, 6.07) is 12.0. The van der Waals surface area contributed by atoms with E-state index in [-0.39, 0.29) is 30.1 Å². The molecule has 0 fully saturated rings. The van der Waals surface area contributed by atoms with Gasteiger partial charge in [0.2, 0.25) is 5.91 Å². The molecule has 0 aliphatic carbocycles. The molecule has 28 heavy (non-hydrogen) atoms. The van der Waals surface area contributed by atoms with E-state index >= 15 is 0 Å². The number of aromatic hydroxyl groups is 1. The number of para-hydroxylation sites is 2. The number of H-pyrrole nitrogens is 1. The van der Waals surface area contributed by atoms with Crippen molar-refractivity contribution in [2.45, 2.75) is 19.8 Å². The normalized spacial score (nSPS) is 11.0. The number of amides is 1. The van der Waals surface area contributed by atoms with E-state index < -0.39 is 0 Å². The molecule has 3 rings (SSSR count). The summed E-state index contributed by atoms with van der Waals surface area (Å²) in [6.45, 7) is 2.24. The van der Waals surface area contributed by atoms with Crippen molar-refractivity contribution in [3.8, 4) is 11.5 Å². The molecular weight excluding hydrogens is 360 g/mol. The van der Waals surface area contributed by atoms with Crippen LogP contribution in [-0.4, -0.2) is 33.8 Å². The third kappa shape index (κ3) is 4.73. The van der Waals surface area contributed by atoms with Gasteiger partial charge >= 0.3 is 0 Å². The summed E-state index contributed by atoms with van der Waals surface area (Å²) in [5.41, 5.74) is 4.40. The number of hydrazone groups is 1. The van der Waals surface area contributed by atoms with Gasteiger partial charge in [0.15, 0.2) is 11.5 Å². The number of phenols is 1. The predicted molar refractivity (Wildman–Crippen MR) is 106 cm³/mol. The highest BCUT2D eigenvalue weighted by molar-refractivity contribution is 5.83. The van der Waals surface area contributed by atoms with Crippen molar-refractivity contribution in [2.75, 3.05) is 6.61 Å². The van der Waals surface area contributed by atoms with E-state index in [9.17, 15) is 14.7 Å². The molecule has 144 valence electrons. The lowest BCUT2D eigenvalue weighted by atomic mass is 10.2. The van der Waals surface area contributed by atoms with Crippen LogP contribution in [0, 0.1) is 0 Å². The number of aromatic nitrogens is 2. The number of phenolic OH excluding ortho intramolecular Hbond substituents is 1. The molecule has 0 saturated heterocycles. The molecule has 0 aliphatic rings. The third-order valence-corrected chi connectivity index (χ3v) is 3.95. The van der Waals surface area contributed by atoms with Crippen molar-refractivity contribution in [3.63, 3.8) is 0 Å². The molecular formula is C20H20N4O4. The van der Waals surface area contributed by atoms with Crippen molar-refractivity contribution >= 4 is 23.2 Å². The van der Waals surface area contributed by atoms with E-state index in [1.54, 1.807) is 24.3 Å². The average molecular weight is 380 g/mol. The molecule has 1 aromatic heterocycles. The molecule has 0 aliphatic heterocycles. The number of hydrogen-bond donors (Lipinski definition) is 3. The van der Waals surface area contributed by atoms with Gasteiger partial charge in [0, 0.05) is 12.8 Å². The van der Waals surface area contributed by atoms with Gasteiger partial charge in [-0.15, -0.1) is 0 Å². The van der Waals surface area contributed by atoms with Crippen LogP contribution < -0.4 is 15.7 Å². The van der Waals surface area contributed by atoms with E-state index in [0.717, 1.165) is 0 Å². The Balaban J connectivity index is 1.58. The SMILES string of the molecule is CCOc1cc(/C=N\NC(=O)CCc2nc3ccccc3[nH]c2=O)ccc1O. The Labute approximate surface area is 160 Å². The fraction of sp³-hybridized carbons (Fsp3) is 0.200. The largest absolute Gasteiger partial charge is 0.504 e. The number of ether oxygens (including phenoxy) is 1. The first kappa shape index (κ1) is 19.1. The van der Waals surface area contributed by atoms with Crippen molar-refractivity contribution < 1.29 is 14.6 Å². The first-order chi connectivity index (χ1) is 13.6. The molecule has 0 spiro atoms. The Morgan fingerprint density at radius 2 is 2.14 bits per heavy atom. The van der Waals surface area contributed by atoms with E-state index in [1.165, 1.54) is 12.3 Å². The molecule has 1 amide bonds. The number of carbonyl (C=O) groups excluding carboxylic acids is 1. The molecule has 0 unspecified atom stereocenters. The highest BCUT2D eigenvalue weighted by atomic mass is 16.5. The standard InChI is InChI=1S/C20H20N4O4/c1-2-28-18-11-13(7-9-17(18)25)12-21-24-19(26)10-8-16-20(27)23-15-6-4-3-5-14(15)22-16/h3-7,9,11-12,25H,2,8,10H2,1H3,(H,23,27)(H,24,26)/b21-12-. The minimum absolute atomic E-state index is 0.0381. The van der Waals surface area contributed by atoms with Crippen LogP contribution in [0.15, 0.2) is 52.4 Å². The summed E-state index contributed by atoms with van der Waals surface area (Å²) in [6.07, 6.45) is 1.72. The number of aromatic amines is 1. The topological polar surface area (TPSA) is 117 Å². The van der Waals surface area contributed by atoms with Crippen LogP contribution >= 0.6 is 0 Å². The number of fused-ring (bicyclic) bond motifs is 1. The van der Waals surface area contributed by atoms with Gasteiger partial charge in [0.05, 0.1) is 23.9 Å². The summed E-state index contributed by atoms with van der Waals surface area (Å²) < 4.78 is 5.30. The maximum atomic E-state index is 12.0. The zero-order valence-electron chi connectivity index (χ0n) is 15.3. The van der Waals surface area contributed by atoms with Crippen LogP contribution in [0.4, 0.5) is 0 Å². The fourth-order valence-corrected chi connectivity index (χ4v) is 2.59.